The highest BCUT2D eigenvalue weighted by atomic mass is 16.5. The molecule has 6 heteroatoms. The van der Waals surface area contributed by atoms with Gasteiger partial charge in [-0.2, -0.15) is 0 Å². The van der Waals surface area contributed by atoms with Crippen molar-refractivity contribution < 1.29 is 23.2 Å². The van der Waals surface area contributed by atoms with E-state index in [1.165, 1.54) is 6.92 Å². The molecular formula is C21H21NO5. The van der Waals surface area contributed by atoms with E-state index in [0.29, 0.717) is 41.5 Å². The number of hydrogen-bond donors (Lipinski definition) is 0. The van der Waals surface area contributed by atoms with Crippen molar-refractivity contribution in [3.63, 3.8) is 0 Å². The van der Waals surface area contributed by atoms with Crippen molar-refractivity contribution in [1.82, 2.24) is 4.90 Å². The summed E-state index contributed by atoms with van der Waals surface area (Å²) in [5, 5.41) is 0. The van der Waals surface area contributed by atoms with Gasteiger partial charge < -0.3 is 18.5 Å². The van der Waals surface area contributed by atoms with E-state index in [2.05, 4.69) is 0 Å². The number of ketones is 1. The maximum absolute atomic E-state index is 13.0. The largest absolute Gasteiger partial charge is 0.496 e. The van der Waals surface area contributed by atoms with Gasteiger partial charge in [0.25, 0.3) is 0 Å². The summed E-state index contributed by atoms with van der Waals surface area (Å²) < 4.78 is 16.1. The second-order valence-electron chi connectivity index (χ2n) is 6.17. The second kappa shape index (κ2) is 8.40. The number of furan rings is 2. The Morgan fingerprint density at radius 3 is 2.11 bits per heavy atom. The molecule has 0 aliphatic rings. The number of methoxy groups -OCH3 is 1. The van der Waals surface area contributed by atoms with E-state index in [0.717, 1.165) is 0 Å². The highest BCUT2D eigenvalue weighted by Gasteiger charge is 2.20. The summed E-state index contributed by atoms with van der Waals surface area (Å²) in [4.78, 5) is 26.3. The molecule has 0 N–H and O–H groups in total. The van der Waals surface area contributed by atoms with Crippen molar-refractivity contribution in [1.29, 1.82) is 0 Å². The first-order valence-electron chi connectivity index (χ1n) is 8.57. The predicted octanol–water partition coefficient (Wildman–Crippen LogP) is 3.86. The number of carbonyl (C=O) groups is 2. The van der Waals surface area contributed by atoms with Gasteiger partial charge >= 0.3 is 0 Å². The van der Waals surface area contributed by atoms with Gasteiger partial charge in [0.15, 0.2) is 5.78 Å². The van der Waals surface area contributed by atoms with Crippen molar-refractivity contribution in [2.75, 3.05) is 7.11 Å². The average molecular weight is 367 g/mol. The van der Waals surface area contributed by atoms with Crippen LogP contribution >= 0.6 is 0 Å². The van der Waals surface area contributed by atoms with E-state index in [9.17, 15) is 9.59 Å². The third-order valence-electron chi connectivity index (χ3n) is 4.23. The zero-order valence-electron chi connectivity index (χ0n) is 15.3. The standard InChI is InChI=1S/C21H21NO5/c1-15(23)16-7-8-20(25-2)17(11-16)12-21(24)22(13-18-5-3-9-26-18)14-19-6-4-10-27-19/h3-11H,12-14H2,1-2H3. The van der Waals surface area contributed by atoms with Gasteiger partial charge in [0.1, 0.15) is 17.3 Å². The van der Waals surface area contributed by atoms with Crippen molar-refractivity contribution in [3.05, 3.63) is 77.6 Å². The number of rotatable bonds is 8. The lowest BCUT2D eigenvalue weighted by atomic mass is 10.0. The fourth-order valence-electron chi connectivity index (χ4n) is 2.82. The number of amides is 1. The van der Waals surface area contributed by atoms with Crippen LogP contribution in [0.25, 0.3) is 0 Å². The lowest BCUT2D eigenvalue weighted by molar-refractivity contribution is -0.132. The van der Waals surface area contributed by atoms with E-state index >= 15 is 0 Å². The maximum Gasteiger partial charge on any atom is 0.227 e. The van der Waals surface area contributed by atoms with Crippen LogP contribution in [0.1, 0.15) is 34.4 Å². The molecule has 6 nitrogen and oxygen atoms in total. The molecular weight excluding hydrogens is 346 g/mol. The minimum atomic E-state index is -0.123. The Hall–Kier alpha value is -3.28. The van der Waals surface area contributed by atoms with Crippen LogP contribution in [0.5, 0.6) is 5.75 Å². The van der Waals surface area contributed by atoms with Crippen LogP contribution in [-0.2, 0) is 24.3 Å². The highest BCUT2D eigenvalue weighted by molar-refractivity contribution is 5.94. The third kappa shape index (κ3) is 4.67. The molecule has 1 amide bonds. The molecule has 140 valence electrons. The van der Waals surface area contributed by atoms with Crippen LogP contribution < -0.4 is 4.74 Å². The Morgan fingerprint density at radius 1 is 1.00 bits per heavy atom. The van der Waals surface area contributed by atoms with Crippen molar-refractivity contribution in [3.8, 4) is 5.75 Å². The average Bonchev–Trinajstić information content (AvgIpc) is 3.35. The van der Waals surface area contributed by atoms with Gasteiger partial charge in [-0.15, -0.1) is 0 Å². The van der Waals surface area contributed by atoms with E-state index in [1.54, 1.807) is 54.9 Å². The molecule has 0 unspecified atom stereocenters. The Balaban J connectivity index is 1.83. The smallest absolute Gasteiger partial charge is 0.227 e. The highest BCUT2D eigenvalue weighted by Crippen LogP contribution is 2.22. The minimum absolute atomic E-state index is 0.0608. The monoisotopic (exact) mass is 367 g/mol. The van der Waals surface area contributed by atoms with Crippen molar-refractivity contribution in [2.45, 2.75) is 26.4 Å². The first kappa shape index (κ1) is 18.5. The molecule has 0 saturated carbocycles. The van der Waals surface area contributed by atoms with Gasteiger partial charge in [0, 0.05) is 11.1 Å². The van der Waals surface area contributed by atoms with Gasteiger partial charge in [-0.3, -0.25) is 9.59 Å². The lowest BCUT2D eigenvalue weighted by Crippen LogP contribution is -2.31. The molecule has 0 aliphatic carbocycles. The van der Waals surface area contributed by atoms with E-state index in [1.807, 2.05) is 12.1 Å². The number of carbonyl (C=O) groups excluding carboxylic acids is 2. The van der Waals surface area contributed by atoms with Gasteiger partial charge in [-0.25, -0.2) is 0 Å². The van der Waals surface area contributed by atoms with Gasteiger partial charge in [0.05, 0.1) is 39.1 Å². The van der Waals surface area contributed by atoms with Gasteiger partial charge in [0.2, 0.25) is 5.91 Å². The van der Waals surface area contributed by atoms with Crippen molar-refractivity contribution in [2.24, 2.45) is 0 Å². The maximum atomic E-state index is 13.0. The first-order valence-corrected chi connectivity index (χ1v) is 8.57. The molecule has 0 saturated heterocycles. The zero-order valence-corrected chi connectivity index (χ0v) is 15.3. The normalized spacial score (nSPS) is 10.6. The van der Waals surface area contributed by atoms with Crippen LogP contribution in [0.3, 0.4) is 0 Å². The Kier molecular flexibility index (Phi) is 5.76. The molecule has 27 heavy (non-hydrogen) atoms. The lowest BCUT2D eigenvalue weighted by Gasteiger charge is -2.21. The second-order valence-corrected chi connectivity index (χ2v) is 6.17. The van der Waals surface area contributed by atoms with E-state index in [4.69, 9.17) is 13.6 Å². The quantitative estimate of drug-likeness (QED) is 0.565. The summed E-state index contributed by atoms with van der Waals surface area (Å²) in [6, 6.07) is 12.3. The van der Waals surface area contributed by atoms with Crippen molar-refractivity contribution >= 4 is 11.7 Å². The Bertz CT molecular complexity index is 861. The molecule has 1 aromatic carbocycles. The molecule has 0 bridgehead atoms. The fourth-order valence-corrected chi connectivity index (χ4v) is 2.82. The van der Waals surface area contributed by atoms with Crippen LogP contribution in [0.2, 0.25) is 0 Å². The molecule has 0 atom stereocenters. The topological polar surface area (TPSA) is 72.9 Å². The van der Waals surface area contributed by atoms with E-state index < -0.39 is 0 Å². The zero-order chi connectivity index (χ0) is 19.2. The summed E-state index contributed by atoms with van der Waals surface area (Å²) in [7, 11) is 1.54. The Morgan fingerprint density at radius 2 is 1.63 bits per heavy atom. The Labute approximate surface area is 157 Å². The predicted molar refractivity (Wildman–Crippen MR) is 98.4 cm³/mol. The number of nitrogens with zero attached hydrogens (tertiary/aromatic N) is 1. The molecule has 0 aliphatic heterocycles. The molecule has 0 spiro atoms. The summed E-state index contributed by atoms with van der Waals surface area (Å²) in [5.74, 6) is 1.75. The molecule has 0 fully saturated rings. The van der Waals surface area contributed by atoms with Crippen LogP contribution in [-0.4, -0.2) is 23.7 Å². The summed E-state index contributed by atoms with van der Waals surface area (Å²) in [6.07, 6.45) is 3.25. The summed E-state index contributed by atoms with van der Waals surface area (Å²) in [5.41, 5.74) is 1.21. The van der Waals surface area contributed by atoms with Crippen LogP contribution in [0, 0.1) is 0 Å². The molecule has 2 heterocycles. The van der Waals surface area contributed by atoms with Gasteiger partial charge in [-0.05, 0) is 49.4 Å². The minimum Gasteiger partial charge on any atom is -0.496 e. The van der Waals surface area contributed by atoms with E-state index in [-0.39, 0.29) is 18.1 Å². The molecule has 2 aromatic heterocycles. The molecule has 3 rings (SSSR count). The SMILES string of the molecule is COc1ccc(C(C)=O)cc1CC(=O)N(Cc1ccco1)Cc1ccco1. The number of ether oxygens (including phenoxy) is 1. The first-order chi connectivity index (χ1) is 13.1. The van der Waals surface area contributed by atoms with Crippen LogP contribution in [0.4, 0.5) is 0 Å². The fraction of sp³-hybridized carbons (Fsp3) is 0.238. The van der Waals surface area contributed by atoms with Crippen LogP contribution in [0.15, 0.2) is 63.8 Å². The molecule has 3 aromatic rings. The summed E-state index contributed by atoms with van der Waals surface area (Å²) >= 11 is 0. The number of benzene rings is 1. The number of Topliss-reactive ketones (excluding diaryl/α,β-unsaturated/α-hetero) is 1. The number of hydrogen-bond acceptors (Lipinski definition) is 5. The third-order valence-corrected chi connectivity index (χ3v) is 4.23. The van der Waals surface area contributed by atoms with Gasteiger partial charge in [-0.1, -0.05) is 0 Å². The molecule has 0 radical (unpaired) electrons. The summed E-state index contributed by atoms with van der Waals surface area (Å²) in [6.45, 7) is 2.13.